The molecule has 0 atom stereocenters. The standard InChI is InChI=1S/C15H13N3O2/c1-2-20-15(19)13-8-14-16-9-12(10-18(14)17-13)11-6-4-3-5-7-11/h3-10H,2H2,1H3. The zero-order valence-electron chi connectivity index (χ0n) is 11.0. The molecule has 3 rings (SSSR count). The van der Waals surface area contributed by atoms with E-state index in [9.17, 15) is 4.79 Å². The molecule has 1 aromatic carbocycles. The number of carbonyl (C=O) groups is 1. The Bertz CT molecular complexity index is 750. The van der Waals surface area contributed by atoms with E-state index < -0.39 is 5.97 Å². The van der Waals surface area contributed by atoms with Crippen molar-refractivity contribution >= 4 is 11.6 Å². The molecule has 0 spiro atoms. The third kappa shape index (κ3) is 2.25. The van der Waals surface area contributed by atoms with Crippen molar-refractivity contribution in [3.63, 3.8) is 0 Å². The molecule has 0 fully saturated rings. The smallest absolute Gasteiger partial charge is 0.358 e. The van der Waals surface area contributed by atoms with Crippen LogP contribution in [0.15, 0.2) is 48.8 Å². The summed E-state index contributed by atoms with van der Waals surface area (Å²) in [5.41, 5.74) is 2.88. The van der Waals surface area contributed by atoms with Crippen molar-refractivity contribution in [3.05, 3.63) is 54.5 Å². The normalized spacial score (nSPS) is 10.7. The molecule has 0 aliphatic rings. The van der Waals surface area contributed by atoms with Crippen LogP contribution in [0.5, 0.6) is 0 Å². The molecule has 0 N–H and O–H groups in total. The lowest BCUT2D eigenvalue weighted by atomic mass is 10.1. The summed E-state index contributed by atoms with van der Waals surface area (Å²) in [6, 6.07) is 11.5. The first-order chi connectivity index (χ1) is 9.78. The van der Waals surface area contributed by atoms with Crippen molar-refractivity contribution in [1.29, 1.82) is 0 Å². The van der Waals surface area contributed by atoms with Gasteiger partial charge in [0, 0.05) is 24.0 Å². The zero-order chi connectivity index (χ0) is 13.9. The summed E-state index contributed by atoms with van der Waals surface area (Å²) >= 11 is 0. The summed E-state index contributed by atoms with van der Waals surface area (Å²) < 4.78 is 6.52. The average molecular weight is 267 g/mol. The number of benzene rings is 1. The van der Waals surface area contributed by atoms with Crippen molar-refractivity contribution in [2.75, 3.05) is 6.61 Å². The Kier molecular flexibility index (Phi) is 3.16. The molecule has 0 radical (unpaired) electrons. The summed E-state index contributed by atoms with van der Waals surface area (Å²) in [4.78, 5) is 16.0. The fourth-order valence-corrected chi connectivity index (χ4v) is 1.96. The number of nitrogens with zero attached hydrogens (tertiary/aromatic N) is 3. The van der Waals surface area contributed by atoms with Gasteiger partial charge in [0.15, 0.2) is 11.3 Å². The topological polar surface area (TPSA) is 56.5 Å². The van der Waals surface area contributed by atoms with Gasteiger partial charge in [-0.3, -0.25) is 0 Å². The van der Waals surface area contributed by atoms with Crippen molar-refractivity contribution in [3.8, 4) is 11.1 Å². The van der Waals surface area contributed by atoms with Gasteiger partial charge in [0.1, 0.15) is 0 Å². The average Bonchev–Trinajstić information content (AvgIpc) is 2.91. The van der Waals surface area contributed by atoms with E-state index in [1.54, 1.807) is 23.7 Å². The number of hydrogen-bond acceptors (Lipinski definition) is 4. The highest BCUT2D eigenvalue weighted by molar-refractivity contribution is 5.88. The van der Waals surface area contributed by atoms with Crippen molar-refractivity contribution < 1.29 is 9.53 Å². The van der Waals surface area contributed by atoms with Crippen LogP contribution in [0.3, 0.4) is 0 Å². The maximum absolute atomic E-state index is 11.6. The van der Waals surface area contributed by atoms with Gasteiger partial charge in [0.25, 0.3) is 0 Å². The van der Waals surface area contributed by atoms with Crippen LogP contribution in [0.2, 0.25) is 0 Å². The highest BCUT2D eigenvalue weighted by Crippen LogP contribution is 2.18. The summed E-state index contributed by atoms with van der Waals surface area (Å²) in [7, 11) is 0. The zero-order valence-corrected chi connectivity index (χ0v) is 11.0. The van der Waals surface area contributed by atoms with Crippen molar-refractivity contribution in [2.45, 2.75) is 6.92 Å². The Morgan fingerprint density at radius 3 is 2.80 bits per heavy atom. The number of aromatic nitrogens is 3. The predicted octanol–water partition coefficient (Wildman–Crippen LogP) is 2.57. The van der Waals surface area contributed by atoms with Crippen molar-refractivity contribution in [1.82, 2.24) is 14.6 Å². The molecule has 100 valence electrons. The Labute approximate surface area is 115 Å². The number of esters is 1. The van der Waals surface area contributed by atoms with Gasteiger partial charge in [-0.05, 0) is 12.5 Å². The van der Waals surface area contributed by atoms with Gasteiger partial charge in [0.05, 0.1) is 6.61 Å². The minimum absolute atomic E-state index is 0.268. The molecule has 3 aromatic rings. The number of fused-ring (bicyclic) bond motifs is 1. The first-order valence-electron chi connectivity index (χ1n) is 6.36. The van der Waals surface area contributed by atoms with Gasteiger partial charge in [-0.25, -0.2) is 14.3 Å². The van der Waals surface area contributed by atoms with E-state index in [0.717, 1.165) is 11.1 Å². The van der Waals surface area contributed by atoms with E-state index in [2.05, 4.69) is 10.1 Å². The molecule has 0 amide bonds. The van der Waals surface area contributed by atoms with Crippen LogP contribution >= 0.6 is 0 Å². The molecule has 2 heterocycles. The van der Waals surface area contributed by atoms with Gasteiger partial charge in [-0.15, -0.1) is 0 Å². The highest BCUT2D eigenvalue weighted by Gasteiger charge is 2.12. The second-order valence-electron chi connectivity index (χ2n) is 4.26. The minimum Gasteiger partial charge on any atom is -0.461 e. The van der Waals surface area contributed by atoms with Gasteiger partial charge in [-0.1, -0.05) is 30.3 Å². The summed E-state index contributed by atoms with van der Waals surface area (Å²) in [6.07, 6.45) is 3.61. The molecule has 20 heavy (non-hydrogen) atoms. The number of rotatable bonds is 3. The summed E-state index contributed by atoms with van der Waals surface area (Å²) in [5.74, 6) is -0.431. The summed E-state index contributed by atoms with van der Waals surface area (Å²) in [6.45, 7) is 2.09. The monoisotopic (exact) mass is 267 g/mol. The Hall–Kier alpha value is -2.69. The van der Waals surface area contributed by atoms with E-state index >= 15 is 0 Å². The second kappa shape index (κ2) is 5.13. The summed E-state index contributed by atoms with van der Waals surface area (Å²) in [5, 5.41) is 4.20. The van der Waals surface area contributed by atoms with E-state index in [-0.39, 0.29) is 5.69 Å². The second-order valence-corrected chi connectivity index (χ2v) is 4.26. The molecule has 0 bridgehead atoms. The third-order valence-corrected chi connectivity index (χ3v) is 2.90. The molecule has 0 saturated heterocycles. The quantitative estimate of drug-likeness (QED) is 0.684. The van der Waals surface area contributed by atoms with Crippen LogP contribution in [0, 0.1) is 0 Å². The third-order valence-electron chi connectivity index (χ3n) is 2.90. The van der Waals surface area contributed by atoms with E-state index in [1.165, 1.54) is 0 Å². The number of hydrogen-bond donors (Lipinski definition) is 0. The molecule has 5 heteroatoms. The van der Waals surface area contributed by atoms with Gasteiger partial charge < -0.3 is 4.74 Å². The van der Waals surface area contributed by atoms with Crippen LogP contribution in [0.4, 0.5) is 0 Å². The lowest BCUT2D eigenvalue weighted by molar-refractivity contribution is 0.0519. The molecule has 5 nitrogen and oxygen atoms in total. The van der Waals surface area contributed by atoms with Crippen LogP contribution in [0.25, 0.3) is 16.8 Å². The first-order valence-corrected chi connectivity index (χ1v) is 6.36. The maximum Gasteiger partial charge on any atom is 0.358 e. The Morgan fingerprint density at radius 1 is 1.25 bits per heavy atom. The molecule has 0 unspecified atom stereocenters. The number of ether oxygens (including phenoxy) is 1. The SMILES string of the molecule is CCOC(=O)c1cc2ncc(-c3ccccc3)cn2n1. The predicted molar refractivity (Wildman–Crippen MR) is 74.4 cm³/mol. The molecular weight excluding hydrogens is 254 g/mol. The Morgan fingerprint density at radius 2 is 2.05 bits per heavy atom. The highest BCUT2D eigenvalue weighted by atomic mass is 16.5. The first kappa shape index (κ1) is 12.3. The van der Waals surface area contributed by atoms with Crippen LogP contribution in [-0.2, 0) is 4.74 Å². The lowest BCUT2D eigenvalue weighted by Crippen LogP contribution is -2.05. The van der Waals surface area contributed by atoms with E-state index in [4.69, 9.17) is 4.74 Å². The van der Waals surface area contributed by atoms with Gasteiger partial charge in [-0.2, -0.15) is 5.10 Å². The molecule has 0 saturated carbocycles. The lowest BCUT2D eigenvalue weighted by Gasteiger charge is -2.00. The van der Waals surface area contributed by atoms with Crippen LogP contribution in [0.1, 0.15) is 17.4 Å². The molecular formula is C15H13N3O2. The van der Waals surface area contributed by atoms with Crippen molar-refractivity contribution in [2.24, 2.45) is 0 Å². The molecule has 2 aromatic heterocycles. The van der Waals surface area contributed by atoms with Gasteiger partial charge >= 0.3 is 5.97 Å². The van der Waals surface area contributed by atoms with E-state index in [0.29, 0.717) is 12.3 Å². The van der Waals surface area contributed by atoms with Gasteiger partial charge in [0.2, 0.25) is 0 Å². The minimum atomic E-state index is -0.431. The van der Waals surface area contributed by atoms with Crippen LogP contribution in [-0.4, -0.2) is 27.2 Å². The largest absolute Gasteiger partial charge is 0.461 e. The number of carbonyl (C=O) groups excluding carboxylic acids is 1. The van der Waals surface area contributed by atoms with E-state index in [1.807, 2.05) is 36.5 Å². The Balaban J connectivity index is 2.02. The molecule has 0 aliphatic carbocycles. The van der Waals surface area contributed by atoms with Crippen LogP contribution < -0.4 is 0 Å². The fraction of sp³-hybridized carbons (Fsp3) is 0.133. The molecule has 0 aliphatic heterocycles. The maximum atomic E-state index is 11.6. The fourth-order valence-electron chi connectivity index (χ4n) is 1.96.